The Morgan fingerprint density at radius 1 is 1.62 bits per heavy atom. The predicted molar refractivity (Wildman–Crippen MR) is 61.3 cm³/mol. The molecule has 0 aliphatic rings. The Kier molecular flexibility index (Phi) is 4.31. The van der Waals surface area contributed by atoms with Gasteiger partial charge in [0.25, 0.3) is 0 Å². The SMILES string of the molecule is C/C(=C/CNc1ccc(Cl)cc1F)C(=O)O. The predicted octanol–water partition coefficient (Wildman–Crippen LogP) is 2.92. The van der Waals surface area contributed by atoms with Gasteiger partial charge in [-0.05, 0) is 25.1 Å². The van der Waals surface area contributed by atoms with Gasteiger partial charge in [-0.15, -0.1) is 0 Å². The number of carboxylic acids is 1. The van der Waals surface area contributed by atoms with Gasteiger partial charge in [-0.25, -0.2) is 9.18 Å². The molecule has 0 radical (unpaired) electrons. The third-order valence-corrected chi connectivity index (χ3v) is 2.20. The summed E-state index contributed by atoms with van der Waals surface area (Å²) in [7, 11) is 0. The van der Waals surface area contributed by atoms with Crippen LogP contribution in [0.5, 0.6) is 0 Å². The van der Waals surface area contributed by atoms with Crippen LogP contribution in [0.4, 0.5) is 10.1 Å². The Morgan fingerprint density at radius 3 is 2.88 bits per heavy atom. The van der Waals surface area contributed by atoms with Crippen LogP contribution in [0.15, 0.2) is 29.8 Å². The summed E-state index contributed by atoms with van der Waals surface area (Å²) in [5.41, 5.74) is 0.501. The molecule has 0 spiro atoms. The van der Waals surface area contributed by atoms with Gasteiger partial charge < -0.3 is 10.4 Å². The molecule has 1 aromatic rings. The normalized spacial score (nSPS) is 11.3. The van der Waals surface area contributed by atoms with Gasteiger partial charge in [0, 0.05) is 17.1 Å². The van der Waals surface area contributed by atoms with Gasteiger partial charge in [0.05, 0.1) is 5.69 Å². The van der Waals surface area contributed by atoms with Gasteiger partial charge in [0.15, 0.2) is 0 Å². The molecular weight excluding hydrogens is 233 g/mol. The van der Waals surface area contributed by atoms with Crippen molar-refractivity contribution >= 4 is 23.3 Å². The van der Waals surface area contributed by atoms with Crippen LogP contribution in [-0.4, -0.2) is 17.6 Å². The van der Waals surface area contributed by atoms with Crippen molar-refractivity contribution in [1.82, 2.24) is 0 Å². The Labute approximate surface area is 97.5 Å². The quantitative estimate of drug-likeness (QED) is 0.800. The fourth-order valence-corrected chi connectivity index (χ4v) is 1.19. The zero-order chi connectivity index (χ0) is 12.1. The number of nitrogens with one attached hydrogen (secondary N) is 1. The maximum atomic E-state index is 13.2. The first-order chi connectivity index (χ1) is 7.50. The molecule has 0 aliphatic carbocycles. The summed E-state index contributed by atoms with van der Waals surface area (Å²) < 4.78 is 13.2. The fourth-order valence-electron chi connectivity index (χ4n) is 1.03. The molecule has 0 amide bonds. The van der Waals surface area contributed by atoms with Crippen LogP contribution in [0.2, 0.25) is 5.02 Å². The van der Waals surface area contributed by atoms with Gasteiger partial charge in [-0.3, -0.25) is 0 Å². The van der Waals surface area contributed by atoms with E-state index in [0.29, 0.717) is 10.7 Å². The molecule has 0 aromatic heterocycles. The lowest BCUT2D eigenvalue weighted by Gasteiger charge is -2.05. The molecule has 16 heavy (non-hydrogen) atoms. The molecule has 0 bridgehead atoms. The number of rotatable bonds is 4. The van der Waals surface area contributed by atoms with E-state index in [2.05, 4.69) is 5.32 Å². The van der Waals surface area contributed by atoms with Crippen molar-refractivity contribution in [3.63, 3.8) is 0 Å². The van der Waals surface area contributed by atoms with Crippen LogP contribution < -0.4 is 5.32 Å². The maximum absolute atomic E-state index is 13.2. The lowest BCUT2D eigenvalue weighted by Crippen LogP contribution is -2.04. The minimum atomic E-state index is -0.988. The Morgan fingerprint density at radius 2 is 2.31 bits per heavy atom. The fraction of sp³-hybridized carbons (Fsp3) is 0.182. The molecule has 0 saturated heterocycles. The minimum absolute atomic E-state index is 0.210. The van der Waals surface area contributed by atoms with Gasteiger partial charge >= 0.3 is 5.97 Å². The van der Waals surface area contributed by atoms with Crippen molar-refractivity contribution in [3.8, 4) is 0 Å². The average molecular weight is 244 g/mol. The van der Waals surface area contributed by atoms with Crippen LogP contribution in [-0.2, 0) is 4.79 Å². The number of carbonyl (C=O) groups is 1. The molecule has 1 rings (SSSR count). The molecule has 2 N–H and O–H groups in total. The molecule has 0 aliphatic heterocycles. The highest BCUT2D eigenvalue weighted by Crippen LogP contribution is 2.18. The second kappa shape index (κ2) is 5.51. The summed E-state index contributed by atoms with van der Waals surface area (Å²) >= 11 is 5.59. The Balaban J connectivity index is 2.62. The molecule has 0 unspecified atom stereocenters. The van der Waals surface area contributed by atoms with Crippen LogP contribution in [0.25, 0.3) is 0 Å². The van der Waals surface area contributed by atoms with E-state index in [1.165, 1.54) is 25.1 Å². The van der Waals surface area contributed by atoms with Crippen molar-refractivity contribution in [2.75, 3.05) is 11.9 Å². The molecule has 5 heteroatoms. The molecule has 3 nitrogen and oxygen atoms in total. The summed E-state index contributed by atoms with van der Waals surface area (Å²) in [6.45, 7) is 1.72. The van der Waals surface area contributed by atoms with E-state index in [4.69, 9.17) is 16.7 Å². The number of aliphatic carboxylic acids is 1. The zero-order valence-electron chi connectivity index (χ0n) is 8.63. The zero-order valence-corrected chi connectivity index (χ0v) is 9.38. The number of anilines is 1. The number of benzene rings is 1. The summed E-state index contributed by atoms with van der Waals surface area (Å²) in [5, 5.41) is 11.7. The lowest BCUT2D eigenvalue weighted by molar-refractivity contribution is -0.132. The summed E-state index contributed by atoms with van der Waals surface area (Å²) in [5.74, 6) is -1.45. The standard InChI is InChI=1S/C11H11ClFNO2/c1-7(11(15)16)4-5-14-10-3-2-8(12)6-9(10)13/h2-4,6,14H,5H2,1H3,(H,15,16)/b7-4-. The van der Waals surface area contributed by atoms with Crippen LogP contribution in [0.3, 0.4) is 0 Å². The highest BCUT2D eigenvalue weighted by atomic mass is 35.5. The minimum Gasteiger partial charge on any atom is -0.478 e. The number of carboxylic acid groups (broad SMARTS) is 1. The van der Waals surface area contributed by atoms with Crippen LogP contribution in [0.1, 0.15) is 6.92 Å². The molecule has 1 aromatic carbocycles. The molecule has 0 saturated carbocycles. The van der Waals surface area contributed by atoms with Crippen LogP contribution >= 0.6 is 11.6 Å². The monoisotopic (exact) mass is 243 g/mol. The first kappa shape index (κ1) is 12.5. The molecule has 0 fully saturated rings. The molecule has 86 valence electrons. The summed E-state index contributed by atoms with van der Waals surface area (Å²) in [4.78, 5) is 10.5. The van der Waals surface area contributed by atoms with Crippen molar-refractivity contribution < 1.29 is 14.3 Å². The average Bonchev–Trinajstić information content (AvgIpc) is 2.20. The molecule has 0 atom stereocenters. The van der Waals surface area contributed by atoms with E-state index < -0.39 is 11.8 Å². The van der Waals surface area contributed by atoms with E-state index in [9.17, 15) is 9.18 Å². The van der Waals surface area contributed by atoms with Gasteiger partial charge in [0.2, 0.25) is 0 Å². The maximum Gasteiger partial charge on any atom is 0.331 e. The van der Waals surface area contributed by atoms with E-state index in [0.717, 1.165) is 0 Å². The molecule has 0 heterocycles. The third-order valence-electron chi connectivity index (χ3n) is 1.97. The van der Waals surface area contributed by atoms with Gasteiger partial charge in [0.1, 0.15) is 5.82 Å². The van der Waals surface area contributed by atoms with Gasteiger partial charge in [-0.2, -0.15) is 0 Å². The summed E-state index contributed by atoms with van der Waals surface area (Å²) in [6, 6.07) is 4.25. The second-order valence-electron chi connectivity index (χ2n) is 3.20. The number of hydrogen-bond acceptors (Lipinski definition) is 2. The van der Waals surface area contributed by atoms with E-state index in [1.807, 2.05) is 0 Å². The van der Waals surface area contributed by atoms with Crippen LogP contribution in [0, 0.1) is 5.82 Å². The largest absolute Gasteiger partial charge is 0.478 e. The lowest BCUT2D eigenvalue weighted by atomic mass is 10.2. The first-order valence-corrected chi connectivity index (χ1v) is 4.97. The summed E-state index contributed by atoms with van der Waals surface area (Å²) in [6.07, 6.45) is 1.47. The van der Waals surface area contributed by atoms with Gasteiger partial charge in [-0.1, -0.05) is 17.7 Å². The highest BCUT2D eigenvalue weighted by Gasteiger charge is 2.02. The van der Waals surface area contributed by atoms with E-state index >= 15 is 0 Å². The Hall–Kier alpha value is -1.55. The first-order valence-electron chi connectivity index (χ1n) is 4.59. The van der Waals surface area contributed by atoms with E-state index in [1.54, 1.807) is 6.07 Å². The van der Waals surface area contributed by atoms with Crippen molar-refractivity contribution in [2.45, 2.75) is 6.92 Å². The number of halogens is 2. The second-order valence-corrected chi connectivity index (χ2v) is 3.63. The molecular formula is C11H11ClFNO2. The topological polar surface area (TPSA) is 49.3 Å². The number of hydrogen-bond donors (Lipinski definition) is 2. The Bertz CT molecular complexity index is 432. The smallest absolute Gasteiger partial charge is 0.331 e. The van der Waals surface area contributed by atoms with Crippen molar-refractivity contribution in [3.05, 3.63) is 40.7 Å². The van der Waals surface area contributed by atoms with Crippen molar-refractivity contribution in [2.24, 2.45) is 0 Å². The van der Waals surface area contributed by atoms with E-state index in [-0.39, 0.29) is 12.1 Å². The van der Waals surface area contributed by atoms with Crippen molar-refractivity contribution in [1.29, 1.82) is 0 Å². The highest BCUT2D eigenvalue weighted by molar-refractivity contribution is 6.30. The third kappa shape index (κ3) is 3.55.